The Kier molecular flexibility index (Phi) is 6.32. The summed E-state index contributed by atoms with van der Waals surface area (Å²) in [7, 11) is 0. The smallest absolute Gasteiger partial charge is 0.408 e. The van der Waals surface area contributed by atoms with Crippen molar-refractivity contribution in [3.8, 4) is 11.8 Å². The first-order valence-corrected chi connectivity index (χ1v) is 7.71. The van der Waals surface area contributed by atoms with Crippen LogP contribution in [0.4, 0.5) is 4.79 Å². The summed E-state index contributed by atoms with van der Waals surface area (Å²) in [6.45, 7) is 0.429. The molecule has 0 aromatic heterocycles. The molecule has 0 bridgehead atoms. The molecule has 0 aliphatic heterocycles. The van der Waals surface area contributed by atoms with Gasteiger partial charge in [-0.15, -0.1) is 0 Å². The first-order chi connectivity index (χ1) is 10.6. The third-order valence-corrected chi connectivity index (χ3v) is 3.49. The molecule has 3 nitrogen and oxygen atoms in total. The van der Waals surface area contributed by atoms with E-state index in [-0.39, 0.29) is 13.2 Å². The van der Waals surface area contributed by atoms with Crippen LogP contribution in [0.3, 0.4) is 0 Å². The molecule has 0 saturated carbocycles. The van der Waals surface area contributed by atoms with E-state index in [1.54, 1.807) is 6.07 Å². The van der Waals surface area contributed by atoms with Crippen LogP contribution in [-0.4, -0.2) is 12.6 Å². The fourth-order valence-corrected chi connectivity index (χ4v) is 2.34. The van der Waals surface area contributed by atoms with Crippen molar-refractivity contribution in [3.05, 3.63) is 69.2 Å². The maximum absolute atomic E-state index is 11.5. The van der Waals surface area contributed by atoms with Crippen molar-refractivity contribution in [1.82, 2.24) is 5.32 Å². The zero-order valence-electron chi connectivity index (χ0n) is 11.6. The van der Waals surface area contributed by atoms with Gasteiger partial charge in [0.25, 0.3) is 0 Å². The summed E-state index contributed by atoms with van der Waals surface area (Å²) in [5, 5.41) is 3.13. The van der Waals surface area contributed by atoms with Gasteiger partial charge in [0.1, 0.15) is 6.61 Å². The fraction of sp³-hybridized carbons (Fsp3) is 0.118. The first kappa shape index (κ1) is 16.4. The second-order valence-corrected chi connectivity index (χ2v) is 5.66. The first-order valence-electron chi connectivity index (χ1n) is 6.53. The van der Waals surface area contributed by atoms with Gasteiger partial charge >= 0.3 is 6.09 Å². The molecule has 2 aromatic carbocycles. The molecular weight excluding hydrogens is 366 g/mol. The Morgan fingerprint density at radius 2 is 2.00 bits per heavy atom. The lowest BCUT2D eigenvalue weighted by Gasteiger charge is -2.04. The number of benzene rings is 2. The van der Waals surface area contributed by atoms with Crippen molar-refractivity contribution < 1.29 is 9.53 Å². The van der Waals surface area contributed by atoms with Crippen LogP contribution in [0.15, 0.2) is 53.0 Å². The number of ether oxygens (including phenoxy) is 1. The van der Waals surface area contributed by atoms with Gasteiger partial charge in [0.05, 0.1) is 11.6 Å². The molecule has 2 aromatic rings. The van der Waals surface area contributed by atoms with Gasteiger partial charge in [0, 0.05) is 10.0 Å². The van der Waals surface area contributed by atoms with E-state index in [0.29, 0.717) is 10.6 Å². The predicted molar refractivity (Wildman–Crippen MR) is 90.7 cm³/mol. The summed E-state index contributed by atoms with van der Waals surface area (Å²) in [5.41, 5.74) is 1.65. The van der Waals surface area contributed by atoms with Crippen molar-refractivity contribution in [3.63, 3.8) is 0 Å². The number of alkyl carbamates (subject to hydrolysis) is 1. The molecule has 0 heterocycles. The molecule has 0 unspecified atom stereocenters. The van der Waals surface area contributed by atoms with Crippen molar-refractivity contribution in [2.45, 2.75) is 6.61 Å². The molecule has 0 aliphatic rings. The molecule has 112 valence electrons. The van der Waals surface area contributed by atoms with Crippen LogP contribution >= 0.6 is 27.5 Å². The highest BCUT2D eigenvalue weighted by Gasteiger charge is 2.00. The predicted octanol–water partition coefficient (Wildman–Crippen LogP) is 4.38. The molecule has 0 saturated heterocycles. The number of nitrogens with one attached hydrogen (secondary N) is 1. The third-order valence-electron chi connectivity index (χ3n) is 2.69. The van der Waals surface area contributed by atoms with Crippen molar-refractivity contribution >= 4 is 33.6 Å². The Hall–Kier alpha value is -1.96. The highest BCUT2D eigenvalue weighted by Crippen LogP contribution is 2.20. The van der Waals surface area contributed by atoms with Gasteiger partial charge in [0.15, 0.2) is 0 Å². The zero-order valence-corrected chi connectivity index (χ0v) is 13.9. The summed E-state index contributed by atoms with van der Waals surface area (Å²) in [6, 6.07) is 14.9. The second kappa shape index (κ2) is 8.47. The van der Waals surface area contributed by atoms with Crippen LogP contribution < -0.4 is 5.32 Å². The monoisotopic (exact) mass is 377 g/mol. The van der Waals surface area contributed by atoms with Gasteiger partial charge in [0.2, 0.25) is 0 Å². The van der Waals surface area contributed by atoms with E-state index in [2.05, 4.69) is 33.1 Å². The van der Waals surface area contributed by atoms with Crippen LogP contribution in [-0.2, 0) is 11.3 Å². The van der Waals surface area contributed by atoms with Gasteiger partial charge < -0.3 is 10.1 Å². The topological polar surface area (TPSA) is 38.3 Å². The summed E-state index contributed by atoms with van der Waals surface area (Å²) in [5.74, 6) is 5.73. The Morgan fingerprint density at radius 1 is 1.23 bits per heavy atom. The van der Waals surface area contributed by atoms with Gasteiger partial charge in [-0.25, -0.2) is 4.79 Å². The Bertz CT molecular complexity index is 708. The summed E-state index contributed by atoms with van der Waals surface area (Å²) >= 11 is 9.37. The Morgan fingerprint density at radius 3 is 2.73 bits per heavy atom. The minimum Gasteiger partial charge on any atom is -0.445 e. The highest BCUT2D eigenvalue weighted by atomic mass is 79.9. The molecule has 0 fully saturated rings. The van der Waals surface area contributed by atoms with Gasteiger partial charge in [-0.1, -0.05) is 69.7 Å². The van der Waals surface area contributed by atoms with Crippen molar-refractivity contribution in [2.75, 3.05) is 6.54 Å². The quantitative estimate of drug-likeness (QED) is 0.805. The molecule has 0 radical (unpaired) electrons. The largest absolute Gasteiger partial charge is 0.445 e. The van der Waals surface area contributed by atoms with E-state index in [9.17, 15) is 4.79 Å². The molecule has 2 rings (SSSR count). The van der Waals surface area contributed by atoms with Gasteiger partial charge in [-0.05, 0) is 23.8 Å². The highest BCUT2D eigenvalue weighted by molar-refractivity contribution is 9.10. The maximum Gasteiger partial charge on any atom is 0.408 e. The Labute approximate surface area is 142 Å². The maximum atomic E-state index is 11.5. The molecule has 22 heavy (non-hydrogen) atoms. The molecule has 1 amide bonds. The summed E-state index contributed by atoms with van der Waals surface area (Å²) in [6.07, 6.45) is -0.500. The molecule has 0 atom stereocenters. The van der Waals surface area contributed by atoms with Crippen LogP contribution in [0.2, 0.25) is 5.02 Å². The second-order valence-electron chi connectivity index (χ2n) is 4.34. The number of carbonyl (C=O) groups excluding carboxylic acids is 1. The van der Waals surface area contributed by atoms with E-state index in [1.807, 2.05) is 42.5 Å². The molecule has 0 spiro atoms. The lowest BCUT2D eigenvalue weighted by molar-refractivity contribution is 0.141. The number of rotatable bonds is 3. The standard InChI is InChI=1S/C17H13BrClNO2/c18-15-9-8-14(16(19)11-15)7-4-10-20-17(21)22-12-13-5-2-1-3-6-13/h1-3,5-6,8-9,11H,10,12H2,(H,20,21). The SMILES string of the molecule is O=C(NCC#Cc1ccc(Br)cc1Cl)OCc1ccccc1. The summed E-state index contributed by atoms with van der Waals surface area (Å²) < 4.78 is 5.96. The van der Waals surface area contributed by atoms with Crippen molar-refractivity contribution in [1.29, 1.82) is 0 Å². The fourth-order valence-electron chi connectivity index (χ4n) is 1.62. The lowest BCUT2D eigenvalue weighted by Crippen LogP contribution is -2.24. The van der Waals surface area contributed by atoms with Crippen molar-refractivity contribution in [2.24, 2.45) is 0 Å². The number of halogens is 2. The molecule has 5 heteroatoms. The molecule has 0 aliphatic carbocycles. The van der Waals surface area contributed by atoms with E-state index >= 15 is 0 Å². The van der Waals surface area contributed by atoms with Crippen LogP contribution in [0.5, 0.6) is 0 Å². The minimum atomic E-state index is -0.500. The van der Waals surface area contributed by atoms with Crippen LogP contribution in [0.1, 0.15) is 11.1 Å². The van der Waals surface area contributed by atoms with Crippen LogP contribution in [0.25, 0.3) is 0 Å². The number of amides is 1. The molecular formula is C17H13BrClNO2. The normalized spacial score (nSPS) is 9.55. The average Bonchev–Trinajstić information content (AvgIpc) is 2.52. The number of carbonyl (C=O) groups is 1. The van der Waals surface area contributed by atoms with Gasteiger partial charge in [-0.3, -0.25) is 0 Å². The lowest BCUT2D eigenvalue weighted by atomic mass is 10.2. The van der Waals surface area contributed by atoms with Crippen LogP contribution in [0, 0.1) is 11.8 Å². The van der Waals surface area contributed by atoms with E-state index in [0.717, 1.165) is 10.0 Å². The zero-order chi connectivity index (χ0) is 15.8. The van der Waals surface area contributed by atoms with E-state index < -0.39 is 6.09 Å². The number of hydrogen-bond donors (Lipinski definition) is 1. The van der Waals surface area contributed by atoms with E-state index in [4.69, 9.17) is 16.3 Å². The van der Waals surface area contributed by atoms with Gasteiger partial charge in [-0.2, -0.15) is 0 Å². The molecule has 1 N–H and O–H groups in total. The average molecular weight is 379 g/mol. The Balaban J connectivity index is 1.76. The summed E-state index contributed by atoms with van der Waals surface area (Å²) in [4.78, 5) is 11.5. The minimum absolute atomic E-state index is 0.194. The number of hydrogen-bond acceptors (Lipinski definition) is 2. The van der Waals surface area contributed by atoms with E-state index in [1.165, 1.54) is 0 Å². The third kappa shape index (κ3) is 5.44.